The standard InChI is InChI=1S/C11H11NO2/c1-11(2,10(13)14-8-12)9-6-4-3-5-7-9/h3-7H,1-2H3. The molecule has 0 aliphatic rings. The van der Waals surface area contributed by atoms with E-state index >= 15 is 0 Å². The number of benzene rings is 1. The summed E-state index contributed by atoms with van der Waals surface area (Å²) < 4.78 is 4.33. The van der Waals surface area contributed by atoms with Crippen LogP contribution in [0.4, 0.5) is 0 Å². The second-order valence-corrected chi connectivity index (χ2v) is 3.47. The molecule has 72 valence electrons. The fraction of sp³-hybridized carbons (Fsp3) is 0.273. The van der Waals surface area contributed by atoms with Gasteiger partial charge in [0.15, 0.2) is 0 Å². The van der Waals surface area contributed by atoms with Gasteiger partial charge in [0.1, 0.15) is 0 Å². The summed E-state index contributed by atoms with van der Waals surface area (Å²) in [5.74, 6) is -0.536. The number of rotatable bonds is 2. The van der Waals surface area contributed by atoms with Crippen molar-refractivity contribution in [1.82, 2.24) is 0 Å². The summed E-state index contributed by atoms with van der Waals surface area (Å²) in [5, 5.41) is 8.25. The minimum Gasteiger partial charge on any atom is -0.350 e. The number of nitrogens with zero attached hydrogens (tertiary/aromatic N) is 1. The second kappa shape index (κ2) is 3.93. The lowest BCUT2D eigenvalue weighted by Crippen LogP contribution is -2.29. The minimum atomic E-state index is -0.781. The average Bonchev–Trinajstić information content (AvgIpc) is 2.19. The van der Waals surface area contributed by atoms with E-state index in [-0.39, 0.29) is 0 Å². The van der Waals surface area contributed by atoms with Crippen molar-refractivity contribution in [1.29, 1.82) is 5.26 Å². The Balaban J connectivity index is 2.97. The van der Waals surface area contributed by atoms with Crippen molar-refractivity contribution in [2.24, 2.45) is 0 Å². The molecule has 0 bridgehead atoms. The maximum atomic E-state index is 11.4. The fourth-order valence-electron chi connectivity index (χ4n) is 1.14. The Labute approximate surface area is 82.9 Å². The molecule has 0 saturated heterocycles. The first kappa shape index (κ1) is 10.3. The molecule has 0 radical (unpaired) electrons. The molecule has 0 saturated carbocycles. The summed E-state index contributed by atoms with van der Waals surface area (Å²) in [7, 11) is 0. The smallest absolute Gasteiger partial charge is 0.331 e. The summed E-state index contributed by atoms with van der Waals surface area (Å²) in [6, 6.07) is 9.22. The topological polar surface area (TPSA) is 50.1 Å². The van der Waals surface area contributed by atoms with Gasteiger partial charge >= 0.3 is 5.97 Å². The van der Waals surface area contributed by atoms with Crippen LogP contribution in [0, 0.1) is 11.5 Å². The van der Waals surface area contributed by atoms with Gasteiger partial charge in [0.2, 0.25) is 0 Å². The van der Waals surface area contributed by atoms with E-state index < -0.39 is 11.4 Å². The summed E-state index contributed by atoms with van der Waals surface area (Å²) in [6.45, 7) is 3.45. The Morgan fingerprint density at radius 1 is 1.36 bits per heavy atom. The van der Waals surface area contributed by atoms with E-state index in [2.05, 4.69) is 4.74 Å². The van der Waals surface area contributed by atoms with Gasteiger partial charge in [-0.05, 0) is 19.4 Å². The van der Waals surface area contributed by atoms with E-state index in [1.807, 2.05) is 30.3 Å². The van der Waals surface area contributed by atoms with Gasteiger partial charge < -0.3 is 4.74 Å². The number of nitriles is 1. The molecule has 1 aromatic rings. The van der Waals surface area contributed by atoms with Gasteiger partial charge in [0.25, 0.3) is 6.26 Å². The van der Waals surface area contributed by atoms with Crippen LogP contribution in [0.25, 0.3) is 0 Å². The molecule has 0 N–H and O–H groups in total. The van der Waals surface area contributed by atoms with Gasteiger partial charge in [-0.2, -0.15) is 0 Å². The molecule has 0 aromatic heterocycles. The molecule has 0 aliphatic heterocycles. The van der Waals surface area contributed by atoms with E-state index in [1.54, 1.807) is 13.8 Å². The predicted molar refractivity (Wildman–Crippen MR) is 51.2 cm³/mol. The summed E-state index contributed by atoms with van der Waals surface area (Å²) in [4.78, 5) is 11.4. The monoisotopic (exact) mass is 189 g/mol. The molecule has 3 nitrogen and oxygen atoms in total. The van der Waals surface area contributed by atoms with Crippen LogP contribution in [0.2, 0.25) is 0 Å². The molecule has 14 heavy (non-hydrogen) atoms. The van der Waals surface area contributed by atoms with Gasteiger partial charge in [-0.25, -0.2) is 4.79 Å². The fourth-order valence-corrected chi connectivity index (χ4v) is 1.14. The predicted octanol–water partition coefficient (Wildman–Crippen LogP) is 1.99. The quantitative estimate of drug-likeness (QED) is 0.528. The zero-order valence-electron chi connectivity index (χ0n) is 8.15. The molecular weight excluding hydrogens is 178 g/mol. The van der Waals surface area contributed by atoms with E-state index in [0.29, 0.717) is 0 Å². The Hall–Kier alpha value is -1.82. The van der Waals surface area contributed by atoms with Crippen molar-refractivity contribution < 1.29 is 9.53 Å². The van der Waals surface area contributed by atoms with Crippen LogP contribution >= 0.6 is 0 Å². The summed E-state index contributed by atoms with van der Waals surface area (Å²) >= 11 is 0. The number of carbonyl (C=O) groups is 1. The average molecular weight is 189 g/mol. The molecule has 0 aliphatic carbocycles. The van der Waals surface area contributed by atoms with Crippen LogP contribution in [0.15, 0.2) is 30.3 Å². The van der Waals surface area contributed by atoms with Gasteiger partial charge in [-0.1, -0.05) is 30.3 Å². The first-order chi connectivity index (χ1) is 6.59. The third-order valence-corrected chi connectivity index (χ3v) is 2.14. The lowest BCUT2D eigenvalue weighted by atomic mass is 9.85. The highest BCUT2D eigenvalue weighted by molar-refractivity contribution is 5.82. The van der Waals surface area contributed by atoms with Gasteiger partial charge in [0, 0.05) is 0 Å². The molecule has 0 unspecified atom stereocenters. The number of carbonyl (C=O) groups excluding carboxylic acids is 1. The number of esters is 1. The normalized spacial score (nSPS) is 10.4. The van der Waals surface area contributed by atoms with Crippen molar-refractivity contribution >= 4 is 5.97 Å². The molecule has 0 spiro atoms. The first-order valence-corrected chi connectivity index (χ1v) is 4.25. The molecule has 1 rings (SSSR count). The number of ether oxygens (including phenoxy) is 1. The van der Waals surface area contributed by atoms with E-state index in [9.17, 15) is 4.79 Å². The first-order valence-electron chi connectivity index (χ1n) is 4.25. The third kappa shape index (κ3) is 1.91. The minimum absolute atomic E-state index is 0.536. The van der Waals surface area contributed by atoms with Crippen LogP contribution in [0.1, 0.15) is 19.4 Å². The maximum Gasteiger partial charge on any atom is 0.331 e. The molecule has 0 atom stereocenters. The number of hydrogen-bond donors (Lipinski definition) is 0. The number of hydrogen-bond acceptors (Lipinski definition) is 3. The SMILES string of the molecule is CC(C)(C(=O)OC#N)c1ccccc1. The molecule has 0 heterocycles. The zero-order valence-corrected chi connectivity index (χ0v) is 8.15. The Kier molecular flexibility index (Phi) is 2.88. The lowest BCUT2D eigenvalue weighted by Gasteiger charge is -2.20. The molecule has 0 amide bonds. The lowest BCUT2D eigenvalue weighted by molar-refractivity contribution is -0.142. The highest BCUT2D eigenvalue weighted by Gasteiger charge is 2.31. The zero-order chi connectivity index (χ0) is 10.6. The van der Waals surface area contributed by atoms with Crippen LogP contribution in [-0.4, -0.2) is 5.97 Å². The summed E-state index contributed by atoms with van der Waals surface area (Å²) in [6.07, 6.45) is 1.39. The van der Waals surface area contributed by atoms with Crippen LogP contribution in [0.5, 0.6) is 0 Å². The Morgan fingerprint density at radius 3 is 2.43 bits per heavy atom. The highest BCUT2D eigenvalue weighted by atomic mass is 16.5. The van der Waals surface area contributed by atoms with E-state index in [0.717, 1.165) is 5.56 Å². The van der Waals surface area contributed by atoms with Crippen molar-refractivity contribution in [3.63, 3.8) is 0 Å². The van der Waals surface area contributed by atoms with E-state index in [1.165, 1.54) is 6.26 Å². The third-order valence-electron chi connectivity index (χ3n) is 2.14. The van der Waals surface area contributed by atoms with Crippen LogP contribution in [0.3, 0.4) is 0 Å². The highest BCUT2D eigenvalue weighted by Crippen LogP contribution is 2.24. The van der Waals surface area contributed by atoms with Crippen LogP contribution in [-0.2, 0) is 14.9 Å². The largest absolute Gasteiger partial charge is 0.350 e. The molecule has 0 fully saturated rings. The molecular formula is C11H11NO2. The van der Waals surface area contributed by atoms with Crippen molar-refractivity contribution in [3.05, 3.63) is 35.9 Å². The van der Waals surface area contributed by atoms with Gasteiger partial charge in [0.05, 0.1) is 5.41 Å². The van der Waals surface area contributed by atoms with Crippen molar-refractivity contribution in [2.45, 2.75) is 19.3 Å². The Morgan fingerprint density at radius 2 is 1.93 bits per heavy atom. The van der Waals surface area contributed by atoms with Crippen molar-refractivity contribution in [3.8, 4) is 6.26 Å². The van der Waals surface area contributed by atoms with Gasteiger partial charge in [-0.3, -0.25) is 0 Å². The van der Waals surface area contributed by atoms with Gasteiger partial charge in [-0.15, -0.1) is 5.26 Å². The molecule has 1 aromatic carbocycles. The summed E-state index contributed by atoms with van der Waals surface area (Å²) in [5.41, 5.74) is 0.0528. The van der Waals surface area contributed by atoms with Crippen LogP contribution < -0.4 is 0 Å². The second-order valence-electron chi connectivity index (χ2n) is 3.47. The van der Waals surface area contributed by atoms with E-state index in [4.69, 9.17) is 5.26 Å². The van der Waals surface area contributed by atoms with Crippen molar-refractivity contribution in [2.75, 3.05) is 0 Å². The maximum absolute atomic E-state index is 11.4. The Bertz CT molecular complexity index is 363. The molecule has 3 heteroatoms.